The summed E-state index contributed by atoms with van der Waals surface area (Å²) in [7, 11) is 0. The van der Waals surface area contributed by atoms with Gasteiger partial charge in [0.05, 0.1) is 24.5 Å². The van der Waals surface area contributed by atoms with E-state index in [1.165, 1.54) is 0 Å². The van der Waals surface area contributed by atoms with Gasteiger partial charge in [-0.2, -0.15) is 0 Å². The van der Waals surface area contributed by atoms with Gasteiger partial charge in [0.2, 0.25) is 11.8 Å². The Morgan fingerprint density at radius 1 is 0.675 bits per heavy atom. The Bertz CT molecular complexity index is 780. The van der Waals surface area contributed by atoms with Gasteiger partial charge in [-0.25, -0.2) is 0 Å². The molecule has 0 aliphatic rings. The molecule has 11 N–H and O–H groups in total. The van der Waals surface area contributed by atoms with E-state index >= 15 is 0 Å². The van der Waals surface area contributed by atoms with Crippen molar-refractivity contribution < 1.29 is 29.1 Å². The number of hydrogen-bond acceptors (Lipinski definition) is 9. The largest absolute Gasteiger partial charge is 0.481 e. The molecule has 0 rings (SSSR count). The van der Waals surface area contributed by atoms with Crippen LogP contribution in [0.2, 0.25) is 0 Å². The number of carboxylic acids is 1. The van der Waals surface area contributed by atoms with E-state index in [1.807, 2.05) is 6.92 Å². The number of unbranched alkanes of at least 4 members (excludes halogenated alkanes) is 3. The van der Waals surface area contributed by atoms with E-state index in [2.05, 4.69) is 10.6 Å². The average molecular weight is 571 g/mol. The van der Waals surface area contributed by atoms with Crippen LogP contribution in [0.4, 0.5) is 0 Å². The Morgan fingerprint density at radius 2 is 1.23 bits per heavy atom. The van der Waals surface area contributed by atoms with Crippen LogP contribution in [0.3, 0.4) is 0 Å². The fourth-order valence-electron chi connectivity index (χ4n) is 4.37. The van der Waals surface area contributed by atoms with Crippen molar-refractivity contribution in [3.05, 3.63) is 0 Å². The lowest BCUT2D eigenvalue weighted by Gasteiger charge is -2.24. The summed E-state index contributed by atoms with van der Waals surface area (Å²) in [5.41, 5.74) is 23.1. The fraction of sp³-hybridized carbons (Fsp3) is 0.821. The second-order valence-electron chi connectivity index (χ2n) is 10.6. The van der Waals surface area contributed by atoms with E-state index in [0.717, 1.165) is 25.7 Å². The summed E-state index contributed by atoms with van der Waals surface area (Å²) in [6.45, 7) is 4.78. The molecular weight excluding hydrogens is 516 g/mol. The van der Waals surface area contributed by atoms with Crippen molar-refractivity contribution >= 4 is 29.4 Å². The zero-order chi connectivity index (χ0) is 30.5. The Balaban J connectivity index is 5.40. The molecule has 232 valence electrons. The summed E-state index contributed by atoms with van der Waals surface area (Å²) in [5.74, 6) is -2.84. The fourth-order valence-corrected chi connectivity index (χ4v) is 4.37. The van der Waals surface area contributed by atoms with Crippen LogP contribution in [0.15, 0.2) is 0 Å². The van der Waals surface area contributed by atoms with Gasteiger partial charge in [0, 0.05) is 12.3 Å². The highest BCUT2D eigenvalue weighted by atomic mass is 16.4. The van der Waals surface area contributed by atoms with Crippen LogP contribution in [0, 0.1) is 5.92 Å². The van der Waals surface area contributed by atoms with Gasteiger partial charge in [-0.3, -0.25) is 24.0 Å². The van der Waals surface area contributed by atoms with Crippen LogP contribution in [0.5, 0.6) is 0 Å². The predicted octanol–water partition coefficient (Wildman–Crippen LogP) is 0.868. The monoisotopic (exact) mass is 570 g/mol. The van der Waals surface area contributed by atoms with Gasteiger partial charge in [-0.1, -0.05) is 46.0 Å². The van der Waals surface area contributed by atoms with Crippen LogP contribution in [-0.2, 0) is 24.0 Å². The maximum absolute atomic E-state index is 13.3. The lowest BCUT2D eigenvalue weighted by atomic mass is 9.91. The Hall–Kier alpha value is -2.41. The third-order valence-electron chi connectivity index (χ3n) is 7.03. The molecule has 5 atom stereocenters. The van der Waals surface area contributed by atoms with E-state index in [0.29, 0.717) is 58.0 Å². The van der Waals surface area contributed by atoms with E-state index in [9.17, 15) is 24.0 Å². The first-order chi connectivity index (χ1) is 19.0. The number of aliphatic carboxylic acids is 1. The highest BCUT2D eigenvalue weighted by Gasteiger charge is 2.28. The number of nitrogens with two attached hydrogens (primary N) is 4. The molecule has 0 aliphatic heterocycles. The summed E-state index contributed by atoms with van der Waals surface area (Å²) < 4.78 is 0. The van der Waals surface area contributed by atoms with Crippen molar-refractivity contribution in [1.82, 2.24) is 10.6 Å². The smallest absolute Gasteiger partial charge is 0.303 e. The van der Waals surface area contributed by atoms with Crippen molar-refractivity contribution in [2.75, 3.05) is 13.1 Å². The minimum atomic E-state index is -1.09. The van der Waals surface area contributed by atoms with Gasteiger partial charge in [0.25, 0.3) is 0 Å². The van der Waals surface area contributed by atoms with Crippen molar-refractivity contribution in [3.63, 3.8) is 0 Å². The molecule has 0 heterocycles. The molecule has 0 fully saturated rings. The maximum Gasteiger partial charge on any atom is 0.303 e. The molecule has 0 aromatic rings. The Morgan fingerprint density at radius 3 is 1.77 bits per heavy atom. The topological polar surface area (TPSA) is 234 Å². The number of carbonyl (C=O) groups excluding carboxylic acids is 4. The van der Waals surface area contributed by atoms with E-state index in [1.54, 1.807) is 6.92 Å². The average Bonchev–Trinajstić information content (AvgIpc) is 2.92. The number of rotatable bonds is 25. The van der Waals surface area contributed by atoms with Gasteiger partial charge in [-0.15, -0.1) is 0 Å². The third kappa shape index (κ3) is 16.6. The van der Waals surface area contributed by atoms with Gasteiger partial charge in [0.1, 0.15) is 6.04 Å². The SMILES string of the molecule is CCCCC(NC(=O)C(CCCC(C)C(=O)C(N)CCCCN)NC(=O)C(N)CCCCN)C(=O)CCC(=O)O. The number of nitrogens with one attached hydrogen (secondary N) is 2. The van der Waals surface area contributed by atoms with Crippen LogP contribution < -0.4 is 33.6 Å². The van der Waals surface area contributed by atoms with Gasteiger partial charge < -0.3 is 38.7 Å². The first-order valence-corrected chi connectivity index (χ1v) is 14.8. The first-order valence-electron chi connectivity index (χ1n) is 14.8. The van der Waals surface area contributed by atoms with Crippen LogP contribution in [-0.4, -0.2) is 71.7 Å². The van der Waals surface area contributed by atoms with E-state index in [-0.39, 0.29) is 36.7 Å². The summed E-state index contributed by atoms with van der Waals surface area (Å²) in [6, 6.07) is -3.20. The Kier molecular flexibility index (Phi) is 21.0. The highest BCUT2D eigenvalue weighted by Crippen LogP contribution is 2.15. The molecule has 0 saturated heterocycles. The third-order valence-corrected chi connectivity index (χ3v) is 7.03. The number of amides is 2. The lowest BCUT2D eigenvalue weighted by Crippen LogP contribution is -2.54. The number of carbonyl (C=O) groups is 5. The molecule has 40 heavy (non-hydrogen) atoms. The van der Waals surface area contributed by atoms with Crippen molar-refractivity contribution in [2.24, 2.45) is 28.9 Å². The number of hydrogen-bond donors (Lipinski definition) is 7. The summed E-state index contributed by atoms with van der Waals surface area (Å²) in [5, 5.41) is 14.4. The van der Waals surface area contributed by atoms with Gasteiger partial charge >= 0.3 is 5.97 Å². The van der Waals surface area contributed by atoms with Gasteiger partial charge in [-0.05, 0) is 58.0 Å². The maximum atomic E-state index is 13.3. The van der Waals surface area contributed by atoms with Crippen LogP contribution in [0.25, 0.3) is 0 Å². The molecule has 0 aromatic heterocycles. The minimum absolute atomic E-state index is 0.0485. The summed E-state index contributed by atoms with van der Waals surface area (Å²) in [4.78, 5) is 62.3. The normalized spacial score (nSPS) is 14.9. The van der Waals surface area contributed by atoms with Crippen LogP contribution in [0.1, 0.15) is 104 Å². The molecular formula is C28H54N6O6. The zero-order valence-electron chi connectivity index (χ0n) is 24.5. The molecule has 2 amide bonds. The molecule has 12 heteroatoms. The lowest BCUT2D eigenvalue weighted by molar-refractivity contribution is -0.139. The second kappa shape index (κ2) is 22.3. The number of carboxylic acid groups (broad SMARTS) is 1. The summed E-state index contributed by atoms with van der Waals surface area (Å²) >= 11 is 0. The standard InChI is InChI=1S/C28H54N6O6/c1-3-4-13-22(24(35)15-16-25(36)37)33-28(40)23(34-27(39)21(32)12-6-8-18-30)14-9-10-19(2)26(38)20(31)11-5-7-17-29/h19-23H,3-18,29-32H2,1-2H3,(H,33,40)(H,34,39)(H,36,37). The van der Waals surface area contributed by atoms with Crippen LogP contribution >= 0.6 is 0 Å². The minimum Gasteiger partial charge on any atom is -0.481 e. The molecule has 0 aromatic carbocycles. The molecule has 0 aliphatic carbocycles. The van der Waals surface area contributed by atoms with Crippen molar-refractivity contribution in [3.8, 4) is 0 Å². The van der Waals surface area contributed by atoms with E-state index in [4.69, 9.17) is 28.0 Å². The highest BCUT2D eigenvalue weighted by molar-refractivity contribution is 5.94. The second-order valence-corrected chi connectivity index (χ2v) is 10.6. The molecule has 5 unspecified atom stereocenters. The molecule has 0 saturated carbocycles. The zero-order valence-corrected chi connectivity index (χ0v) is 24.5. The van der Waals surface area contributed by atoms with E-state index < -0.39 is 42.0 Å². The summed E-state index contributed by atoms with van der Waals surface area (Å²) in [6.07, 6.45) is 6.42. The quantitative estimate of drug-likeness (QED) is 0.0765. The van der Waals surface area contributed by atoms with Crippen molar-refractivity contribution in [2.45, 2.75) is 128 Å². The Labute approximate surface area is 239 Å². The molecule has 0 radical (unpaired) electrons. The number of Topliss-reactive ketones (excluding diaryl/α,β-unsaturated/α-hetero) is 2. The first kappa shape index (κ1) is 37.6. The number of ketones is 2. The molecule has 0 bridgehead atoms. The predicted molar refractivity (Wildman–Crippen MR) is 155 cm³/mol. The van der Waals surface area contributed by atoms with Crippen molar-refractivity contribution in [1.29, 1.82) is 0 Å². The molecule has 12 nitrogen and oxygen atoms in total. The van der Waals surface area contributed by atoms with Gasteiger partial charge in [0.15, 0.2) is 11.6 Å². The molecule has 0 spiro atoms.